The molecule has 0 amide bonds. The van der Waals surface area contributed by atoms with Gasteiger partial charge in [-0.1, -0.05) is 29.9 Å². The van der Waals surface area contributed by atoms with Crippen LogP contribution in [-0.2, 0) is 0 Å². The highest BCUT2D eigenvalue weighted by Gasteiger charge is 1.83. The third kappa shape index (κ3) is 3.56. The second kappa shape index (κ2) is 4.67. The van der Waals surface area contributed by atoms with Crippen molar-refractivity contribution in [3.8, 4) is 0 Å². The normalized spacial score (nSPS) is 28.6. The zero-order valence-corrected chi connectivity index (χ0v) is 6.83. The van der Waals surface area contributed by atoms with Gasteiger partial charge in [0.25, 0.3) is 0 Å². The number of nitrogens with zero attached hydrogens (tertiary/aromatic N) is 1. The first kappa shape index (κ1) is 7.99. The predicted octanol–water partition coefficient (Wildman–Crippen LogP) is 2.52. The Morgan fingerprint density at radius 2 is 2.09 bits per heavy atom. The minimum absolute atomic E-state index is 0.814. The lowest BCUT2D eigenvalue weighted by Crippen LogP contribution is -1.82. The maximum Gasteiger partial charge on any atom is 0.0599 e. The minimum Gasteiger partial charge on any atom is -0.289 e. The van der Waals surface area contributed by atoms with Crippen LogP contribution >= 0.6 is 0 Å². The van der Waals surface area contributed by atoms with Crippen molar-refractivity contribution in [2.75, 3.05) is 6.54 Å². The van der Waals surface area contributed by atoms with E-state index in [4.69, 9.17) is 0 Å². The van der Waals surface area contributed by atoms with Crippen LogP contribution in [0.4, 0.5) is 0 Å². The average molecular weight is 147 g/mol. The van der Waals surface area contributed by atoms with Crippen LogP contribution in [0.2, 0.25) is 0 Å². The van der Waals surface area contributed by atoms with Crippen LogP contribution in [0, 0.1) is 0 Å². The summed E-state index contributed by atoms with van der Waals surface area (Å²) >= 11 is 0. The van der Waals surface area contributed by atoms with Crippen molar-refractivity contribution in [3.63, 3.8) is 0 Å². The Labute approximate surface area is 67.8 Å². The molecule has 0 aliphatic carbocycles. The van der Waals surface area contributed by atoms with Crippen molar-refractivity contribution in [1.82, 2.24) is 0 Å². The molecule has 1 heteroatoms. The molecule has 58 valence electrons. The van der Waals surface area contributed by atoms with Gasteiger partial charge < -0.3 is 0 Å². The van der Waals surface area contributed by atoms with Gasteiger partial charge in [-0.2, -0.15) is 0 Å². The Kier molecular flexibility index (Phi) is 3.39. The number of aliphatic imine (C=N–C) groups is 1. The first-order valence-corrected chi connectivity index (χ1v) is 3.87. The molecule has 0 aromatic rings. The molecule has 0 aromatic heterocycles. The third-order valence-electron chi connectivity index (χ3n) is 1.46. The van der Waals surface area contributed by atoms with Crippen LogP contribution in [0.3, 0.4) is 0 Å². The van der Waals surface area contributed by atoms with Crippen molar-refractivity contribution in [2.24, 2.45) is 4.99 Å². The van der Waals surface area contributed by atoms with E-state index in [2.05, 4.69) is 36.2 Å². The molecule has 0 fully saturated rings. The van der Waals surface area contributed by atoms with E-state index in [9.17, 15) is 0 Å². The molecular weight excluding hydrogens is 134 g/mol. The zero-order chi connectivity index (χ0) is 7.94. The van der Waals surface area contributed by atoms with Crippen molar-refractivity contribution < 1.29 is 0 Å². The molecule has 11 heavy (non-hydrogen) atoms. The van der Waals surface area contributed by atoms with Crippen LogP contribution < -0.4 is 0 Å². The lowest BCUT2D eigenvalue weighted by molar-refractivity contribution is 1.14. The lowest BCUT2D eigenvalue weighted by Gasteiger charge is -1.92. The monoisotopic (exact) mass is 147 g/mol. The van der Waals surface area contributed by atoms with E-state index in [-0.39, 0.29) is 0 Å². The molecule has 0 unspecified atom stereocenters. The van der Waals surface area contributed by atoms with E-state index < -0.39 is 0 Å². The molecule has 1 aliphatic rings. The standard InChI is InChI=1S/C10H13N/c1-10-7-5-3-2-4-6-8-11-9-10/h3-8H,2,9H2,1H3/b5-3-,6-4-,10-7-,11-8?. The summed E-state index contributed by atoms with van der Waals surface area (Å²) in [6, 6.07) is 0. The Morgan fingerprint density at radius 1 is 1.27 bits per heavy atom. The summed E-state index contributed by atoms with van der Waals surface area (Å²) < 4.78 is 0. The van der Waals surface area contributed by atoms with Gasteiger partial charge in [0, 0.05) is 6.21 Å². The van der Waals surface area contributed by atoms with E-state index in [0.29, 0.717) is 0 Å². The maximum atomic E-state index is 4.20. The molecule has 0 saturated carbocycles. The zero-order valence-electron chi connectivity index (χ0n) is 6.83. The Balaban J connectivity index is 2.62. The molecule has 0 N–H and O–H groups in total. The molecule has 1 nitrogen and oxygen atoms in total. The van der Waals surface area contributed by atoms with E-state index in [1.165, 1.54) is 5.57 Å². The smallest absolute Gasteiger partial charge is 0.0599 e. The van der Waals surface area contributed by atoms with Crippen LogP contribution in [0.25, 0.3) is 0 Å². The van der Waals surface area contributed by atoms with Gasteiger partial charge in [-0.3, -0.25) is 4.99 Å². The van der Waals surface area contributed by atoms with Crippen molar-refractivity contribution in [1.29, 1.82) is 0 Å². The molecular formula is C10H13N. The van der Waals surface area contributed by atoms with E-state index in [1.807, 2.05) is 12.3 Å². The second-order valence-corrected chi connectivity index (χ2v) is 2.59. The first-order chi connectivity index (χ1) is 5.39. The van der Waals surface area contributed by atoms with Gasteiger partial charge in [0.15, 0.2) is 0 Å². The SMILES string of the molecule is C/C1=C/C=C\C/C=C\C=NC1. The van der Waals surface area contributed by atoms with Crippen molar-refractivity contribution in [3.05, 3.63) is 36.0 Å². The van der Waals surface area contributed by atoms with Crippen LogP contribution in [0.1, 0.15) is 13.3 Å². The molecule has 0 atom stereocenters. The average Bonchev–Trinajstić information content (AvgIpc) is 2.03. The summed E-state index contributed by atoms with van der Waals surface area (Å²) in [6.07, 6.45) is 13.3. The summed E-state index contributed by atoms with van der Waals surface area (Å²) in [5, 5.41) is 0. The second-order valence-electron chi connectivity index (χ2n) is 2.59. The summed E-state index contributed by atoms with van der Waals surface area (Å²) in [5.74, 6) is 0. The van der Waals surface area contributed by atoms with Crippen molar-refractivity contribution >= 4 is 6.21 Å². The topological polar surface area (TPSA) is 12.4 Å². The number of hydrogen-bond donors (Lipinski definition) is 0. The highest BCUT2D eigenvalue weighted by atomic mass is 14.7. The van der Waals surface area contributed by atoms with Gasteiger partial charge in [-0.15, -0.1) is 0 Å². The summed E-state index contributed by atoms with van der Waals surface area (Å²) in [4.78, 5) is 4.20. The summed E-state index contributed by atoms with van der Waals surface area (Å²) in [5.41, 5.74) is 1.30. The molecule has 1 heterocycles. The number of allylic oxidation sites excluding steroid dienone is 5. The quantitative estimate of drug-likeness (QED) is 0.499. The molecule has 1 aliphatic heterocycles. The fourth-order valence-corrected chi connectivity index (χ4v) is 0.839. The largest absolute Gasteiger partial charge is 0.289 e. The van der Waals surface area contributed by atoms with Gasteiger partial charge in [-0.05, 0) is 19.4 Å². The molecule has 0 aromatic carbocycles. The minimum atomic E-state index is 0.814. The lowest BCUT2D eigenvalue weighted by atomic mass is 10.2. The Morgan fingerprint density at radius 3 is 3.00 bits per heavy atom. The molecule has 0 spiro atoms. The van der Waals surface area contributed by atoms with Crippen LogP contribution in [0.15, 0.2) is 40.9 Å². The van der Waals surface area contributed by atoms with Gasteiger partial charge >= 0.3 is 0 Å². The van der Waals surface area contributed by atoms with Crippen LogP contribution in [0.5, 0.6) is 0 Å². The van der Waals surface area contributed by atoms with Crippen LogP contribution in [-0.4, -0.2) is 12.8 Å². The molecule has 1 rings (SSSR count). The van der Waals surface area contributed by atoms with E-state index in [1.54, 1.807) is 0 Å². The number of hydrogen-bond acceptors (Lipinski definition) is 1. The van der Waals surface area contributed by atoms with Gasteiger partial charge in [-0.25, -0.2) is 0 Å². The fourth-order valence-electron chi connectivity index (χ4n) is 0.839. The van der Waals surface area contributed by atoms with Gasteiger partial charge in [0.2, 0.25) is 0 Å². The van der Waals surface area contributed by atoms with E-state index >= 15 is 0 Å². The highest BCUT2D eigenvalue weighted by molar-refractivity contribution is 5.71. The van der Waals surface area contributed by atoms with Gasteiger partial charge in [0.1, 0.15) is 0 Å². The maximum absolute atomic E-state index is 4.20. The third-order valence-corrected chi connectivity index (χ3v) is 1.46. The molecule has 0 bridgehead atoms. The fraction of sp³-hybridized carbons (Fsp3) is 0.300. The Hall–Kier alpha value is -1.11. The summed E-state index contributed by atoms with van der Waals surface area (Å²) in [6.45, 7) is 2.90. The molecule has 0 radical (unpaired) electrons. The van der Waals surface area contributed by atoms with Gasteiger partial charge in [0.05, 0.1) is 6.54 Å². The summed E-state index contributed by atoms with van der Waals surface area (Å²) in [7, 11) is 0. The predicted molar refractivity (Wildman–Crippen MR) is 50.0 cm³/mol. The Bertz CT molecular complexity index is 219. The van der Waals surface area contributed by atoms with E-state index in [0.717, 1.165) is 13.0 Å². The number of rotatable bonds is 0. The van der Waals surface area contributed by atoms with Crippen molar-refractivity contribution in [2.45, 2.75) is 13.3 Å². The highest BCUT2D eigenvalue weighted by Crippen LogP contribution is 1.96. The molecule has 0 saturated heterocycles. The first-order valence-electron chi connectivity index (χ1n) is 3.87.